The minimum atomic E-state index is -0.0675. The maximum absolute atomic E-state index is 13.3. The fourth-order valence-corrected chi connectivity index (χ4v) is 3.96. The molecular weight excluding hydrogens is 340 g/mol. The Balaban J connectivity index is 1.55. The highest BCUT2D eigenvalue weighted by Crippen LogP contribution is 2.40. The van der Waals surface area contributed by atoms with Crippen molar-refractivity contribution >= 4 is 16.9 Å². The molecule has 1 aromatic carbocycles. The van der Waals surface area contributed by atoms with E-state index in [4.69, 9.17) is 9.72 Å². The lowest BCUT2D eigenvalue weighted by atomic mass is 9.99. The Kier molecular flexibility index (Phi) is 3.67. The van der Waals surface area contributed by atoms with Crippen LogP contribution in [0.15, 0.2) is 30.3 Å². The van der Waals surface area contributed by atoms with Crippen molar-refractivity contribution < 1.29 is 9.53 Å². The summed E-state index contributed by atoms with van der Waals surface area (Å²) in [4.78, 5) is 18.1. The van der Waals surface area contributed by atoms with Crippen molar-refractivity contribution in [3.63, 3.8) is 0 Å². The van der Waals surface area contributed by atoms with Gasteiger partial charge in [-0.15, -0.1) is 0 Å². The van der Waals surface area contributed by atoms with E-state index in [0.717, 1.165) is 53.0 Å². The molecule has 1 atom stereocenters. The predicted octanol–water partition coefficient (Wildman–Crippen LogP) is 3.41. The molecule has 1 fully saturated rings. The zero-order chi connectivity index (χ0) is 18.5. The quantitative estimate of drug-likeness (QED) is 0.775. The van der Waals surface area contributed by atoms with Crippen LogP contribution in [-0.2, 0) is 7.05 Å². The van der Waals surface area contributed by atoms with E-state index in [9.17, 15) is 4.79 Å². The number of carbonyl (C=O) groups is 1. The molecule has 27 heavy (non-hydrogen) atoms. The Labute approximate surface area is 157 Å². The second-order valence-corrected chi connectivity index (χ2v) is 7.48. The van der Waals surface area contributed by atoms with Gasteiger partial charge in [0.15, 0.2) is 5.65 Å². The Hall–Kier alpha value is -2.89. The first kappa shape index (κ1) is 16.3. The Bertz CT molecular complexity index is 1050. The normalized spacial score (nSPS) is 18.8. The highest BCUT2D eigenvalue weighted by Gasteiger charge is 2.30. The molecule has 1 amide bonds. The molecule has 0 spiro atoms. The highest BCUT2D eigenvalue weighted by molar-refractivity contribution is 6.06. The minimum absolute atomic E-state index is 0.0491. The molecule has 3 heterocycles. The van der Waals surface area contributed by atoms with Gasteiger partial charge < -0.3 is 10.1 Å². The van der Waals surface area contributed by atoms with Crippen molar-refractivity contribution in [2.24, 2.45) is 7.05 Å². The molecule has 0 radical (unpaired) electrons. The van der Waals surface area contributed by atoms with Crippen LogP contribution in [0.25, 0.3) is 11.0 Å². The summed E-state index contributed by atoms with van der Waals surface area (Å²) in [6.45, 7) is 2.54. The van der Waals surface area contributed by atoms with Crippen LogP contribution in [0.5, 0.6) is 5.75 Å². The van der Waals surface area contributed by atoms with Crippen LogP contribution in [0.1, 0.15) is 58.5 Å². The molecule has 2 aliphatic rings. The number of fused-ring (bicyclic) bond motifs is 2. The largest absolute Gasteiger partial charge is 0.493 e. The summed E-state index contributed by atoms with van der Waals surface area (Å²) in [6, 6.07) is 9.83. The molecule has 1 aliphatic carbocycles. The van der Waals surface area contributed by atoms with Gasteiger partial charge in [0.1, 0.15) is 5.75 Å². The third kappa shape index (κ3) is 2.76. The second-order valence-electron chi connectivity index (χ2n) is 7.48. The number of para-hydroxylation sites is 1. The molecule has 0 bridgehead atoms. The van der Waals surface area contributed by atoms with Crippen LogP contribution < -0.4 is 10.1 Å². The summed E-state index contributed by atoms with van der Waals surface area (Å²) < 4.78 is 7.49. The highest BCUT2D eigenvalue weighted by atomic mass is 16.5. The SMILES string of the molecule is Cc1nn(C)c2nc(C3CC3)cc(C(=O)N[C@@H]3CCOc4ccccc43)c12. The van der Waals surface area contributed by atoms with E-state index in [2.05, 4.69) is 10.4 Å². The van der Waals surface area contributed by atoms with E-state index in [-0.39, 0.29) is 11.9 Å². The number of benzene rings is 1. The number of nitrogens with one attached hydrogen (secondary N) is 1. The lowest BCUT2D eigenvalue weighted by molar-refractivity contribution is 0.0926. The lowest BCUT2D eigenvalue weighted by Crippen LogP contribution is -2.32. The van der Waals surface area contributed by atoms with Crippen LogP contribution in [0.3, 0.4) is 0 Å². The molecule has 6 heteroatoms. The van der Waals surface area contributed by atoms with Crippen molar-refractivity contribution in [1.29, 1.82) is 0 Å². The summed E-state index contributed by atoms with van der Waals surface area (Å²) in [5, 5.41) is 8.56. The number of ether oxygens (including phenoxy) is 1. The zero-order valence-corrected chi connectivity index (χ0v) is 15.5. The first-order valence-electron chi connectivity index (χ1n) is 9.48. The van der Waals surface area contributed by atoms with Crippen LogP contribution >= 0.6 is 0 Å². The number of rotatable bonds is 3. The predicted molar refractivity (Wildman–Crippen MR) is 102 cm³/mol. The Morgan fingerprint density at radius 1 is 1.26 bits per heavy atom. The molecule has 3 aromatic rings. The van der Waals surface area contributed by atoms with E-state index in [1.807, 2.05) is 44.3 Å². The molecule has 0 saturated heterocycles. The number of carbonyl (C=O) groups excluding carboxylic acids is 1. The molecule has 1 saturated carbocycles. The number of nitrogens with zero attached hydrogens (tertiary/aromatic N) is 3. The van der Waals surface area contributed by atoms with Gasteiger partial charge in [-0.1, -0.05) is 18.2 Å². The Morgan fingerprint density at radius 3 is 2.89 bits per heavy atom. The summed E-state index contributed by atoms with van der Waals surface area (Å²) in [5.41, 5.74) is 4.33. The average Bonchev–Trinajstić information content (AvgIpc) is 3.48. The molecule has 2 aromatic heterocycles. The van der Waals surface area contributed by atoms with E-state index >= 15 is 0 Å². The summed E-state index contributed by atoms with van der Waals surface area (Å²) in [6.07, 6.45) is 3.05. The number of hydrogen-bond acceptors (Lipinski definition) is 4. The van der Waals surface area contributed by atoms with Gasteiger partial charge >= 0.3 is 0 Å². The van der Waals surface area contributed by atoms with Gasteiger partial charge in [0, 0.05) is 30.6 Å². The second kappa shape index (κ2) is 6.08. The smallest absolute Gasteiger partial charge is 0.252 e. The standard InChI is InChI=1S/C21H22N4O2/c1-12-19-15(11-17(13-7-8-13)22-20(19)25(2)24-12)21(26)23-16-9-10-27-18-6-4-3-5-14(16)18/h3-6,11,13,16H,7-10H2,1-2H3,(H,23,26)/t16-/m1/s1. The molecule has 1 N–H and O–H groups in total. The van der Waals surface area contributed by atoms with Crippen molar-refractivity contribution in [2.45, 2.75) is 38.1 Å². The van der Waals surface area contributed by atoms with Gasteiger partial charge in [0.2, 0.25) is 0 Å². The van der Waals surface area contributed by atoms with Gasteiger partial charge in [-0.3, -0.25) is 9.48 Å². The lowest BCUT2D eigenvalue weighted by Gasteiger charge is -2.26. The van der Waals surface area contributed by atoms with Gasteiger partial charge in [-0.2, -0.15) is 5.10 Å². The minimum Gasteiger partial charge on any atom is -0.493 e. The topological polar surface area (TPSA) is 69.0 Å². The summed E-state index contributed by atoms with van der Waals surface area (Å²) in [7, 11) is 1.88. The van der Waals surface area contributed by atoms with Crippen LogP contribution in [0, 0.1) is 6.92 Å². The van der Waals surface area contributed by atoms with Crippen molar-refractivity contribution in [2.75, 3.05) is 6.61 Å². The van der Waals surface area contributed by atoms with Gasteiger partial charge in [0.25, 0.3) is 5.91 Å². The third-order valence-electron chi connectivity index (χ3n) is 5.49. The summed E-state index contributed by atoms with van der Waals surface area (Å²) >= 11 is 0. The number of amides is 1. The number of hydrogen-bond donors (Lipinski definition) is 1. The third-order valence-corrected chi connectivity index (χ3v) is 5.49. The zero-order valence-electron chi connectivity index (χ0n) is 15.5. The van der Waals surface area contributed by atoms with E-state index in [1.165, 1.54) is 0 Å². The van der Waals surface area contributed by atoms with E-state index < -0.39 is 0 Å². The molecule has 0 unspecified atom stereocenters. The molecule has 6 nitrogen and oxygen atoms in total. The van der Waals surface area contributed by atoms with E-state index in [1.54, 1.807) is 4.68 Å². The van der Waals surface area contributed by atoms with Gasteiger partial charge in [0.05, 0.1) is 29.3 Å². The fraction of sp³-hybridized carbons (Fsp3) is 0.381. The number of pyridine rings is 1. The summed E-state index contributed by atoms with van der Waals surface area (Å²) in [5.74, 6) is 1.26. The molecular formula is C21H22N4O2. The fourth-order valence-electron chi connectivity index (χ4n) is 3.96. The van der Waals surface area contributed by atoms with Crippen LogP contribution in [0.2, 0.25) is 0 Å². The first-order valence-corrected chi connectivity index (χ1v) is 9.48. The Morgan fingerprint density at radius 2 is 2.07 bits per heavy atom. The van der Waals surface area contributed by atoms with Crippen LogP contribution in [0.4, 0.5) is 0 Å². The van der Waals surface area contributed by atoms with Crippen molar-refractivity contribution in [3.8, 4) is 5.75 Å². The van der Waals surface area contributed by atoms with Gasteiger partial charge in [-0.05, 0) is 31.9 Å². The van der Waals surface area contributed by atoms with Crippen molar-refractivity contribution in [3.05, 3.63) is 52.8 Å². The number of aryl methyl sites for hydroxylation is 2. The maximum atomic E-state index is 13.3. The maximum Gasteiger partial charge on any atom is 0.252 e. The average molecular weight is 362 g/mol. The van der Waals surface area contributed by atoms with Crippen LogP contribution in [-0.4, -0.2) is 27.3 Å². The number of aromatic nitrogens is 3. The molecule has 5 rings (SSSR count). The molecule has 1 aliphatic heterocycles. The van der Waals surface area contributed by atoms with Gasteiger partial charge in [-0.25, -0.2) is 4.98 Å². The van der Waals surface area contributed by atoms with Crippen molar-refractivity contribution in [1.82, 2.24) is 20.1 Å². The monoisotopic (exact) mass is 362 g/mol. The first-order chi connectivity index (χ1) is 13.1. The molecule has 138 valence electrons. The van der Waals surface area contributed by atoms with E-state index in [0.29, 0.717) is 18.1 Å².